The molecule has 20 heavy (non-hydrogen) atoms. The molecule has 0 aliphatic rings. The second kappa shape index (κ2) is 6.37. The molecule has 1 N–H and O–H groups in total. The number of hydrogen-bond acceptors (Lipinski definition) is 3. The van der Waals surface area contributed by atoms with Gasteiger partial charge in [-0.05, 0) is 57.1 Å². The molecule has 1 aromatic heterocycles. The van der Waals surface area contributed by atoms with Gasteiger partial charge >= 0.3 is 0 Å². The normalized spacial score (nSPS) is 10.7. The lowest BCUT2D eigenvalue weighted by Gasteiger charge is -2.15. The molecule has 0 fully saturated rings. The fraction of sp³-hybridized carbons (Fsp3) is 0.312. The van der Waals surface area contributed by atoms with Crippen LogP contribution in [0.4, 0.5) is 0 Å². The van der Waals surface area contributed by atoms with Gasteiger partial charge in [0.15, 0.2) is 0 Å². The van der Waals surface area contributed by atoms with E-state index in [1.54, 1.807) is 0 Å². The number of aryl methyl sites for hydroxylation is 3. The molecule has 0 aliphatic carbocycles. The van der Waals surface area contributed by atoms with Crippen molar-refractivity contribution in [2.75, 3.05) is 7.05 Å². The Labute approximate surface area is 128 Å². The molecular weight excluding hydrogens is 316 g/mol. The average molecular weight is 335 g/mol. The summed E-state index contributed by atoms with van der Waals surface area (Å²) in [4.78, 5) is 4.54. The summed E-state index contributed by atoms with van der Waals surface area (Å²) < 4.78 is 7.05. The van der Waals surface area contributed by atoms with E-state index < -0.39 is 0 Å². The summed E-state index contributed by atoms with van der Waals surface area (Å²) in [6.07, 6.45) is 0. The molecule has 0 amide bonds. The highest BCUT2D eigenvalue weighted by molar-refractivity contribution is 9.10. The second-order valence-corrected chi connectivity index (χ2v) is 5.82. The number of aromatic nitrogens is 1. The summed E-state index contributed by atoms with van der Waals surface area (Å²) in [5.74, 6) is 1.51. The summed E-state index contributed by atoms with van der Waals surface area (Å²) in [6.45, 7) is 6.84. The van der Waals surface area contributed by atoms with E-state index in [1.165, 1.54) is 5.56 Å². The van der Waals surface area contributed by atoms with Crippen LogP contribution < -0.4 is 10.1 Å². The largest absolute Gasteiger partial charge is 0.438 e. The molecule has 3 nitrogen and oxygen atoms in total. The second-order valence-electron chi connectivity index (χ2n) is 4.91. The molecule has 0 saturated carbocycles. The molecule has 106 valence electrons. The van der Waals surface area contributed by atoms with E-state index in [2.05, 4.69) is 39.2 Å². The van der Waals surface area contributed by atoms with Gasteiger partial charge in [0.25, 0.3) is 0 Å². The Kier molecular flexibility index (Phi) is 4.78. The third-order valence-electron chi connectivity index (χ3n) is 3.15. The minimum absolute atomic E-state index is 0.679. The van der Waals surface area contributed by atoms with E-state index in [1.807, 2.05) is 39.1 Å². The highest BCUT2D eigenvalue weighted by Gasteiger charge is 2.12. The zero-order valence-corrected chi connectivity index (χ0v) is 13.8. The summed E-state index contributed by atoms with van der Waals surface area (Å²) in [7, 11) is 1.92. The van der Waals surface area contributed by atoms with Gasteiger partial charge in [-0.15, -0.1) is 0 Å². The van der Waals surface area contributed by atoms with Crippen LogP contribution in [0.1, 0.15) is 22.4 Å². The minimum atomic E-state index is 0.679. The number of hydrogen-bond donors (Lipinski definition) is 1. The van der Waals surface area contributed by atoms with Crippen LogP contribution in [0, 0.1) is 20.8 Å². The molecule has 0 bridgehead atoms. The highest BCUT2D eigenvalue weighted by Crippen LogP contribution is 2.30. The molecule has 0 saturated heterocycles. The third kappa shape index (κ3) is 3.38. The fourth-order valence-electron chi connectivity index (χ4n) is 2.09. The number of ether oxygens (including phenoxy) is 1. The van der Waals surface area contributed by atoms with Crippen molar-refractivity contribution in [2.45, 2.75) is 27.3 Å². The quantitative estimate of drug-likeness (QED) is 0.905. The lowest BCUT2D eigenvalue weighted by Crippen LogP contribution is -2.10. The molecule has 0 atom stereocenters. The van der Waals surface area contributed by atoms with E-state index in [0.717, 1.165) is 33.6 Å². The van der Waals surface area contributed by atoms with Crippen molar-refractivity contribution < 1.29 is 4.74 Å². The molecule has 2 rings (SSSR count). The van der Waals surface area contributed by atoms with Crippen molar-refractivity contribution in [3.63, 3.8) is 0 Å². The van der Waals surface area contributed by atoms with Crippen molar-refractivity contribution in [3.8, 4) is 11.6 Å². The Morgan fingerprint density at radius 1 is 1.15 bits per heavy atom. The molecule has 2 aromatic rings. The van der Waals surface area contributed by atoms with Gasteiger partial charge in [0.2, 0.25) is 5.88 Å². The minimum Gasteiger partial charge on any atom is -0.438 e. The van der Waals surface area contributed by atoms with E-state index in [0.29, 0.717) is 5.88 Å². The van der Waals surface area contributed by atoms with E-state index in [-0.39, 0.29) is 0 Å². The van der Waals surface area contributed by atoms with Crippen LogP contribution >= 0.6 is 15.9 Å². The lowest BCUT2D eigenvalue weighted by atomic mass is 10.1. The maximum absolute atomic E-state index is 6.05. The molecule has 1 aromatic carbocycles. The highest BCUT2D eigenvalue weighted by atomic mass is 79.9. The van der Waals surface area contributed by atoms with Gasteiger partial charge < -0.3 is 10.1 Å². The summed E-state index contributed by atoms with van der Waals surface area (Å²) in [5.41, 5.74) is 4.33. The standard InChI is InChI=1S/C16H19BrN2O/c1-10-5-6-13(17)8-15(10)20-16-14(9-18-4)11(2)7-12(3)19-16/h5-8,18H,9H2,1-4H3. The monoisotopic (exact) mass is 334 g/mol. The number of nitrogens with zero attached hydrogens (tertiary/aromatic N) is 1. The van der Waals surface area contributed by atoms with Crippen molar-refractivity contribution in [3.05, 3.63) is 51.1 Å². The van der Waals surface area contributed by atoms with Crippen molar-refractivity contribution in [1.82, 2.24) is 10.3 Å². The first-order valence-electron chi connectivity index (χ1n) is 6.57. The van der Waals surface area contributed by atoms with Crippen LogP contribution in [-0.4, -0.2) is 12.0 Å². The van der Waals surface area contributed by atoms with Crippen molar-refractivity contribution in [2.24, 2.45) is 0 Å². The zero-order chi connectivity index (χ0) is 14.7. The van der Waals surface area contributed by atoms with Crippen LogP contribution in [0.15, 0.2) is 28.7 Å². The van der Waals surface area contributed by atoms with Gasteiger partial charge in [-0.1, -0.05) is 22.0 Å². The topological polar surface area (TPSA) is 34.2 Å². The molecule has 0 radical (unpaired) electrons. The number of nitrogens with one attached hydrogen (secondary N) is 1. The molecule has 1 heterocycles. The van der Waals surface area contributed by atoms with Crippen molar-refractivity contribution in [1.29, 1.82) is 0 Å². The van der Waals surface area contributed by atoms with Crippen LogP contribution in [0.5, 0.6) is 11.6 Å². The SMILES string of the molecule is CNCc1c(C)cc(C)nc1Oc1cc(Br)ccc1C. The number of pyridine rings is 1. The van der Waals surface area contributed by atoms with Gasteiger partial charge in [-0.2, -0.15) is 0 Å². The Hall–Kier alpha value is -1.39. The van der Waals surface area contributed by atoms with E-state index >= 15 is 0 Å². The third-order valence-corrected chi connectivity index (χ3v) is 3.64. The predicted octanol–water partition coefficient (Wildman–Crippen LogP) is 4.28. The Balaban J connectivity index is 2.44. The number of halogens is 1. The molecule has 0 unspecified atom stereocenters. The molecular formula is C16H19BrN2O. The van der Waals surface area contributed by atoms with Crippen LogP contribution in [0.25, 0.3) is 0 Å². The lowest BCUT2D eigenvalue weighted by molar-refractivity contribution is 0.448. The maximum atomic E-state index is 6.05. The molecule has 0 spiro atoms. The summed E-state index contributed by atoms with van der Waals surface area (Å²) in [6, 6.07) is 8.08. The number of benzene rings is 1. The first-order chi connectivity index (χ1) is 9.51. The Bertz CT molecular complexity index is 626. The van der Waals surface area contributed by atoms with Crippen LogP contribution in [-0.2, 0) is 6.54 Å². The Morgan fingerprint density at radius 2 is 1.90 bits per heavy atom. The first-order valence-corrected chi connectivity index (χ1v) is 7.36. The fourth-order valence-corrected chi connectivity index (χ4v) is 2.43. The molecule has 4 heteroatoms. The predicted molar refractivity (Wildman–Crippen MR) is 85.4 cm³/mol. The van der Waals surface area contributed by atoms with Gasteiger partial charge in [-0.3, -0.25) is 0 Å². The smallest absolute Gasteiger partial charge is 0.224 e. The summed E-state index contributed by atoms with van der Waals surface area (Å²) >= 11 is 3.48. The Morgan fingerprint density at radius 3 is 2.60 bits per heavy atom. The summed E-state index contributed by atoms with van der Waals surface area (Å²) in [5, 5.41) is 3.17. The van der Waals surface area contributed by atoms with Gasteiger partial charge in [0, 0.05) is 22.3 Å². The number of rotatable bonds is 4. The zero-order valence-electron chi connectivity index (χ0n) is 12.2. The van der Waals surface area contributed by atoms with E-state index in [4.69, 9.17) is 4.74 Å². The molecule has 0 aliphatic heterocycles. The van der Waals surface area contributed by atoms with Gasteiger partial charge in [0.1, 0.15) is 5.75 Å². The average Bonchev–Trinajstić information content (AvgIpc) is 2.38. The van der Waals surface area contributed by atoms with Gasteiger partial charge in [0.05, 0.1) is 0 Å². The maximum Gasteiger partial charge on any atom is 0.224 e. The van der Waals surface area contributed by atoms with Crippen molar-refractivity contribution >= 4 is 15.9 Å². The van der Waals surface area contributed by atoms with E-state index in [9.17, 15) is 0 Å². The van der Waals surface area contributed by atoms with Crippen LogP contribution in [0.2, 0.25) is 0 Å². The first kappa shape index (κ1) is 15.0. The van der Waals surface area contributed by atoms with Gasteiger partial charge in [-0.25, -0.2) is 4.98 Å². The van der Waals surface area contributed by atoms with Crippen LogP contribution in [0.3, 0.4) is 0 Å².